The predicted molar refractivity (Wildman–Crippen MR) is 167 cm³/mol. The van der Waals surface area contributed by atoms with Crippen molar-refractivity contribution in [3.05, 3.63) is 74.2 Å². The van der Waals surface area contributed by atoms with Gasteiger partial charge in [-0.25, -0.2) is 4.98 Å². The topological polar surface area (TPSA) is 108 Å². The Labute approximate surface area is 264 Å². The highest BCUT2D eigenvalue weighted by atomic mass is 35.5. The van der Waals surface area contributed by atoms with Crippen molar-refractivity contribution in [3.8, 4) is 28.7 Å². The van der Waals surface area contributed by atoms with Gasteiger partial charge in [0.2, 0.25) is 0 Å². The number of anilines is 1. The Morgan fingerprint density at radius 1 is 1.16 bits per heavy atom. The number of benzene rings is 2. The lowest BCUT2D eigenvalue weighted by atomic mass is 10.00. The SMILES string of the molecule is Cc1nc2cc(C(F)(F)F)c(N3CCN(C)CC3)c(C#N)c2c(=O)n1CCOc1ccc(Cl)cc1-c1ccnc2c(O)csc12. The molecule has 0 aliphatic carbocycles. The first-order valence-electron chi connectivity index (χ1n) is 13.9. The number of hydrogen-bond donors (Lipinski definition) is 1. The van der Waals surface area contributed by atoms with Gasteiger partial charge in [-0.15, -0.1) is 11.3 Å². The number of piperazine rings is 1. The molecule has 0 spiro atoms. The minimum absolute atomic E-state index is 0.000319. The summed E-state index contributed by atoms with van der Waals surface area (Å²) in [6.45, 7) is 3.12. The molecule has 0 amide bonds. The summed E-state index contributed by atoms with van der Waals surface area (Å²) in [5.41, 5.74) is -0.559. The Morgan fingerprint density at radius 2 is 1.91 bits per heavy atom. The van der Waals surface area contributed by atoms with E-state index in [0.29, 0.717) is 34.9 Å². The van der Waals surface area contributed by atoms with Gasteiger partial charge in [0.15, 0.2) is 5.75 Å². The molecule has 6 rings (SSSR count). The van der Waals surface area contributed by atoms with Gasteiger partial charge in [0.1, 0.15) is 29.8 Å². The second-order valence-electron chi connectivity index (χ2n) is 10.7. The number of rotatable bonds is 6. The molecule has 1 saturated heterocycles. The van der Waals surface area contributed by atoms with Crippen LogP contribution in [0.2, 0.25) is 5.02 Å². The normalized spacial score (nSPS) is 14.3. The van der Waals surface area contributed by atoms with Gasteiger partial charge >= 0.3 is 6.18 Å². The zero-order valence-electron chi connectivity index (χ0n) is 24.2. The molecule has 5 aromatic rings. The lowest BCUT2D eigenvalue weighted by Crippen LogP contribution is -2.45. The van der Waals surface area contributed by atoms with Crippen molar-refractivity contribution in [2.24, 2.45) is 0 Å². The maximum atomic E-state index is 14.3. The predicted octanol–water partition coefficient (Wildman–Crippen LogP) is 6.06. The van der Waals surface area contributed by atoms with Crippen LogP contribution in [0, 0.1) is 18.3 Å². The van der Waals surface area contributed by atoms with Crippen molar-refractivity contribution in [1.82, 2.24) is 19.4 Å². The highest BCUT2D eigenvalue weighted by Gasteiger charge is 2.38. The lowest BCUT2D eigenvalue weighted by Gasteiger charge is -2.36. The maximum absolute atomic E-state index is 14.3. The van der Waals surface area contributed by atoms with Gasteiger partial charge in [0.05, 0.1) is 39.0 Å². The standard InChI is InChI=1S/C31H26ClF3N6O3S/c1-17-38-23-14-22(31(33,34)35)28(40-9-7-39(2)8-10-40)21(15-36)26(23)30(43)41(17)11-12-44-25-4-3-18(32)13-20(25)19-5-6-37-27-24(42)16-45-29(19)27/h3-6,13-14,16,42H,7-12H2,1-2H3. The molecule has 14 heteroatoms. The fourth-order valence-corrected chi connectivity index (χ4v) is 6.73. The summed E-state index contributed by atoms with van der Waals surface area (Å²) in [5, 5.41) is 22.2. The summed E-state index contributed by atoms with van der Waals surface area (Å²) < 4.78 is 51.1. The molecular formula is C31H26ClF3N6O3S. The van der Waals surface area contributed by atoms with Gasteiger partial charge in [0.25, 0.3) is 5.56 Å². The van der Waals surface area contributed by atoms with Gasteiger partial charge < -0.3 is 19.6 Å². The molecule has 4 heterocycles. The fraction of sp³-hybridized carbons (Fsp3) is 0.290. The van der Waals surface area contributed by atoms with E-state index in [-0.39, 0.29) is 60.0 Å². The van der Waals surface area contributed by atoms with Crippen LogP contribution in [0.4, 0.5) is 18.9 Å². The first-order chi connectivity index (χ1) is 21.5. The molecule has 1 aliphatic heterocycles. The molecule has 0 unspecified atom stereocenters. The molecule has 1 N–H and O–H groups in total. The number of likely N-dealkylation sites (N-methyl/N-ethyl adjacent to an activating group) is 1. The van der Waals surface area contributed by atoms with E-state index >= 15 is 0 Å². The number of hydrogen-bond acceptors (Lipinski definition) is 9. The van der Waals surface area contributed by atoms with E-state index in [4.69, 9.17) is 16.3 Å². The van der Waals surface area contributed by atoms with Gasteiger partial charge in [-0.2, -0.15) is 18.4 Å². The van der Waals surface area contributed by atoms with Crippen molar-refractivity contribution in [1.29, 1.82) is 5.26 Å². The van der Waals surface area contributed by atoms with Gasteiger partial charge in [-0.3, -0.25) is 14.3 Å². The molecule has 1 aliphatic rings. The van der Waals surface area contributed by atoms with E-state index in [1.165, 1.54) is 27.7 Å². The molecule has 2 aromatic carbocycles. The van der Waals surface area contributed by atoms with Gasteiger partial charge in [-0.1, -0.05) is 11.6 Å². The van der Waals surface area contributed by atoms with Crippen LogP contribution in [0.3, 0.4) is 0 Å². The van der Waals surface area contributed by atoms with Crippen LogP contribution in [0.25, 0.3) is 32.2 Å². The Morgan fingerprint density at radius 3 is 2.62 bits per heavy atom. The summed E-state index contributed by atoms with van der Waals surface area (Å²) in [6.07, 6.45) is -3.18. The van der Waals surface area contributed by atoms with Crippen LogP contribution in [0.15, 0.2) is 46.7 Å². The second-order valence-corrected chi connectivity index (χ2v) is 12.0. The van der Waals surface area contributed by atoms with E-state index in [9.17, 15) is 28.3 Å². The number of fused-ring (bicyclic) bond motifs is 2. The van der Waals surface area contributed by atoms with Crippen molar-refractivity contribution in [2.75, 3.05) is 44.7 Å². The number of thiophene rings is 1. The van der Waals surface area contributed by atoms with E-state index in [2.05, 4.69) is 9.97 Å². The Hall–Kier alpha value is -4.38. The molecule has 45 heavy (non-hydrogen) atoms. The number of halogens is 4. The second kappa shape index (κ2) is 11.8. The highest BCUT2D eigenvalue weighted by molar-refractivity contribution is 7.18. The first kappa shape index (κ1) is 30.6. The number of nitriles is 1. The number of ether oxygens (including phenoxy) is 1. The molecule has 1 fully saturated rings. The number of pyridine rings is 1. The number of nitrogens with zero attached hydrogens (tertiary/aromatic N) is 6. The Balaban J connectivity index is 1.38. The average molecular weight is 655 g/mol. The fourth-order valence-electron chi connectivity index (χ4n) is 5.64. The molecule has 3 aromatic heterocycles. The van der Waals surface area contributed by atoms with E-state index in [1.54, 1.807) is 35.8 Å². The molecule has 232 valence electrons. The minimum Gasteiger partial charge on any atom is -0.505 e. The quantitative estimate of drug-likeness (QED) is 0.235. The summed E-state index contributed by atoms with van der Waals surface area (Å²) in [4.78, 5) is 26.0. The van der Waals surface area contributed by atoms with Crippen LogP contribution in [-0.2, 0) is 12.7 Å². The Kier molecular flexibility index (Phi) is 8.07. The van der Waals surface area contributed by atoms with Crippen LogP contribution in [0.5, 0.6) is 11.5 Å². The number of aromatic hydroxyl groups is 1. The lowest BCUT2D eigenvalue weighted by molar-refractivity contribution is -0.137. The average Bonchev–Trinajstić information content (AvgIpc) is 3.39. The summed E-state index contributed by atoms with van der Waals surface area (Å²) in [7, 11) is 1.87. The molecular weight excluding hydrogens is 629 g/mol. The third-order valence-corrected chi connectivity index (χ3v) is 9.11. The third-order valence-electron chi connectivity index (χ3n) is 7.89. The maximum Gasteiger partial charge on any atom is 0.418 e. The van der Waals surface area contributed by atoms with E-state index < -0.39 is 17.3 Å². The smallest absolute Gasteiger partial charge is 0.418 e. The van der Waals surface area contributed by atoms with Crippen molar-refractivity contribution in [2.45, 2.75) is 19.6 Å². The summed E-state index contributed by atoms with van der Waals surface area (Å²) >= 11 is 7.65. The molecule has 0 atom stereocenters. The van der Waals surface area contributed by atoms with Crippen LogP contribution in [-0.4, -0.2) is 64.4 Å². The highest BCUT2D eigenvalue weighted by Crippen LogP contribution is 2.42. The van der Waals surface area contributed by atoms with Crippen molar-refractivity contribution in [3.63, 3.8) is 0 Å². The monoisotopic (exact) mass is 654 g/mol. The molecule has 0 bridgehead atoms. The number of alkyl halides is 3. The van der Waals surface area contributed by atoms with Crippen LogP contribution < -0.4 is 15.2 Å². The molecule has 9 nitrogen and oxygen atoms in total. The van der Waals surface area contributed by atoms with Crippen molar-refractivity contribution >= 4 is 49.7 Å². The number of aryl methyl sites for hydroxylation is 1. The largest absolute Gasteiger partial charge is 0.505 e. The zero-order chi connectivity index (χ0) is 32.0. The summed E-state index contributed by atoms with van der Waals surface area (Å²) in [5.74, 6) is 0.709. The van der Waals surface area contributed by atoms with E-state index in [1.807, 2.05) is 18.0 Å². The first-order valence-corrected chi connectivity index (χ1v) is 15.2. The van der Waals surface area contributed by atoms with Crippen molar-refractivity contribution < 1.29 is 23.0 Å². The minimum atomic E-state index is -4.75. The van der Waals surface area contributed by atoms with Gasteiger partial charge in [0, 0.05) is 53.9 Å². The van der Waals surface area contributed by atoms with Crippen LogP contribution >= 0.6 is 22.9 Å². The number of aromatic nitrogens is 3. The third kappa shape index (κ3) is 5.65. The van der Waals surface area contributed by atoms with E-state index in [0.717, 1.165) is 16.3 Å². The van der Waals surface area contributed by atoms with Crippen LogP contribution in [0.1, 0.15) is 17.0 Å². The molecule has 0 saturated carbocycles. The van der Waals surface area contributed by atoms with Gasteiger partial charge in [-0.05, 0) is 44.3 Å². The summed E-state index contributed by atoms with van der Waals surface area (Å²) in [6, 6.07) is 9.65. The molecule has 0 radical (unpaired) electrons. The Bertz CT molecular complexity index is 2050. The zero-order valence-corrected chi connectivity index (χ0v) is 25.7.